The number of carbonyl (C=O) groups excluding carboxylic acids is 1. The zero-order chi connectivity index (χ0) is 13.0. The molecule has 98 valence electrons. The second-order valence-electron chi connectivity index (χ2n) is 4.48. The van der Waals surface area contributed by atoms with Crippen LogP contribution in [0.3, 0.4) is 0 Å². The third-order valence-corrected chi connectivity index (χ3v) is 3.18. The third kappa shape index (κ3) is 2.91. The summed E-state index contributed by atoms with van der Waals surface area (Å²) in [4.78, 5) is 18.0. The first-order valence-corrected chi connectivity index (χ1v) is 6.34. The zero-order valence-corrected chi connectivity index (χ0v) is 10.6. The van der Waals surface area contributed by atoms with Crippen molar-refractivity contribution in [3.63, 3.8) is 0 Å². The number of hydrogen-bond donors (Lipinski definition) is 1. The SMILES string of the molecule is CCOC(=O)[C@@H]1CCCN(c2ccc(N)nc2)C1. The summed E-state index contributed by atoms with van der Waals surface area (Å²) >= 11 is 0. The molecule has 0 amide bonds. The summed E-state index contributed by atoms with van der Waals surface area (Å²) in [6, 6.07) is 3.72. The van der Waals surface area contributed by atoms with Crippen molar-refractivity contribution in [2.24, 2.45) is 5.92 Å². The lowest BCUT2D eigenvalue weighted by Gasteiger charge is -2.33. The van der Waals surface area contributed by atoms with Gasteiger partial charge in [-0.25, -0.2) is 4.98 Å². The summed E-state index contributed by atoms with van der Waals surface area (Å²) in [5, 5.41) is 0. The van der Waals surface area contributed by atoms with E-state index in [0.29, 0.717) is 19.0 Å². The van der Waals surface area contributed by atoms with Gasteiger partial charge < -0.3 is 15.4 Å². The van der Waals surface area contributed by atoms with Gasteiger partial charge in [0.2, 0.25) is 0 Å². The van der Waals surface area contributed by atoms with Gasteiger partial charge in [0.1, 0.15) is 5.82 Å². The number of rotatable bonds is 3. The minimum absolute atomic E-state index is 0.0312. The van der Waals surface area contributed by atoms with Crippen molar-refractivity contribution in [2.45, 2.75) is 19.8 Å². The number of anilines is 2. The highest BCUT2D eigenvalue weighted by atomic mass is 16.5. The molecule has 1 saturated heterocycles. The molecule has 0 aliphatic carbocycles. The van der Waals surface area contributed by atoms with Crippen molar-refractivity contribution in [1.29, 1.82) is 0 Å². The molecule has 2 N–H and O–H groups in total. The van der Waals surface area contributed by atoms with Gasteiger partial charge in [-0.1, -0.05) is 0 Å². The van der Waals surface area contributed by atoms with Crippen LogP contribution in [0.25, 0.3) is 0 Å². The summed E-state index contributed by atoms with van der Waals surface area (Å²) in [5.74, 6) is 0.388. The zero-order valence-electron chi connectivity index (χ0n) is 10.6. The predicted molar refractivity (Wildman–Crippen MR) is 70.2 cm³/mol. The summed E-state index contributed by atoms with van der Waals surface area (Å²) in [6.45, 7) is 3.92. The standard InChI is InChI=1S/C13H19N3O2/c1-2-18-13(17)10-4-3-7-16(9-10)11-5-6-12(14)15-8-11/h5-6,8,10H,2-4,7,9H2,1H3,(H2,14,15)/t10-/m1/s1. The van der Waals surface area contributed by atoms with E-state index in [4.69, 9.17) is 10.5 Å². The van der Waals surface area contributed by atoms with E-state index in [2.05, 4.69) is 9.88 Å². The van der Waals surface area contributed by atoms with Gasteiger partial charge in [-0.05, 0) is 31.9 Å². The van der Waals surface area contributed by atoms with Gasteiger partial charge in [-0.3, -0.25) is 4.79 Å². The quantitative estimate of drug-likeness (QED) is 0.821. The monoisotopic (exact) mass is 249 g/mol. The van der Waals surface area contributed by atoms with Crippen molar-refractivity contribution >= 4 is 17.5 Å². The number of aromatic nitrogens is 1. The molecular weight excluding hydrogens is 230 g/mol. The highest BCUT2D eigenvalue weighted by Gasteiger charge is 2.26. The van der Waals surface area contributed by atoms with Gasteiger partial charge in [0.25, 0.3) is 0 Å². The number of nitrogens with two attached hydrogens (primary N) is 1. The normalized spacial score (nSPS) is 19.6. The Bertz CT molecular complexity index is 405. The van der Waals surface area contributed by atoms with Crippen LogP contribution in [-0.4, -0.2) is 30.6 Å². The molecule has 1 fully saturated rings. The van der Waals surface area contributed by atoms with E-state index in [1.165, 1.54) is 0 Å². The summed E-state index contributed by atoms with van der Waals surface area (Å²) in [5.41, 5.74) is 6.58. The Balaban J connectivity index is 2.02. The number of esters is 1. The predicted octanol–water partition coefficient (Wildman–Crippen LogP) is 1.44. The molecule has 0 radical (unpaired) electrons. The minimum atomic E-state index is -0.0920. The van der Waals surface area contributed by atoms with Crippen LogP contribution < -0.4 is 10.6 Å². The van der Waals surface area contributed by atoms with Gasteiger partial charge in [-0.2, -0.15) is 0 Å². The first-order chi connectivity index (χ1) is 8.70. The van der Waals surface area contributed by atoms with E-state index in [-0.39, 0.29) is 11.9 Å². The molecule has 18 heavy (non-hydrogen) atoms. The number of ether oxygens (including phenoxy) is 1. The fourth-order valence-corrected chi connectivity index (χ4v) is 2.25. The Kier molecular flexibility index (Phi) is 4.02. The molecule has 0 unspecified atom stereocenters. The number of piperidine rings is 1. The van der Waals surface area contributed by atoms with Gasteiger partial charge in [0, 0.05) is 13.1 Å². The summed E-state index contributed by atoms with van der Waals surface area (Å²) in [7, 11) is 0. The summed E-state index contributed by atoms with van der Waals surface area (Å²) in [6.07, 6.45) is 3.65. The highest BCUT2D eigenvalue weighted by Crippen LogP contribution is 2.23. The summed E-state index contributed by atoms with van der Waals surface area (Å²) < 4.78 is 5.08. The van der Waals surface area contributed by atoms with E-state index >= 15 is 0 Å². The molecule has 1 atom stereocenters. The number of carbonyl (C=O) groups is 1. The number of pyridine rings is 1. The molecule has 0 spiro atoms. The fourth-order valence-electron chi connectivity index (χ4n) is 2.25. The highest BCUT2D eigenvalue weighted by molar-refractivity contribution is 5.73. The molecule has 1 aliphatic heterocycles. The van der Waals surface area contributed by atoms with Gasteiger partial charge in [0.15, 0.2) is 0 Å². The van der Waals surface area contributed by atoms with Gasteiger partial charge in [0.05, 0.1) is 24.4 Å². The van der Waals surface area contributed by atoms with Crippen molar-refractivity contribution in [2.75, 3.05) is 30.3 Å². The van der Waals surface area contributed by atoms with Crippen LogP contribution in [0.1, 0.15) is 19.8 Å². The first kappa shape index (κ1) is 12.7. The number of nitrogens with zero attached hydrogens (tertiary/aromatic N) is 2. The lowest BCUT2D eigenvalue weighted by atomic mass is 9.98. The van der Waals surface area contributed by atoms with Crippen LogP contribution in [-0.2, 0) is 9.53 Å². The Morgan fingerprint density at radius 3 is 3.11 bits per heavy atom. The molecule has 2 rings (SSSR count). The number of nitrogen functional groups attached to an aromatic ring is 1. The van der Waals surface area contributed by atoms with E-state index < -0.39 is 0 Å². The van der Waals surface area contributed by atoms with Crippen LogP contribution in [0.4, 0.5) is 11.5 Å². The average molecular weight is 249 g/mol. The largest absolute Gasteiger partial charge is 0.466 e. The van der Waals surface area contributed by atoms with Gasteiger partial charge in [-0.15, -0.1) is 0 Å². The van der Waals surface area contributed by atoms with Crippen molar-refractivity contribution in [1.82, 2.24) is 4.98 Å². The van der Waals surface area contributed by atoms with Crippen molar-refractivity contribution < 1.29 is 9.53 Å². The maximum absolute atomic E-state index is 11.7. The van der Waals surface area contributed by atoms with E-state index in [0.717, 1.165) is 25.1 Å². The van der Waals surface area contributed by atoms with Crippen LogP contribution in [0.15, 0.2) is 18.3 Å². The lowest BCUT2D eigenvalue weighted by Crippen LogP contribution is -2.39. The smallest absolute Gasteiger partial charge is 0.310 e. The molecular formula is C13H19N3O2. The molecule has 0 aromatic carbocycles. The molecule has 0 saturated carbocycles. The van der Waals surface area contributed by atoms with Crippen LogP contribution >= 0.6 is 0 Å². The lowest BCUT2D eigenvalue weighted by molar-refractivity contribution is -0.148. The van der Waals surface area contributed by atoms with E-state index in [1.807, 2.05) is 13.0 Å². The maximum atomic E-state index is 11.7. The van der Waals surface area contributed by atoms with E-state index in [1.54, 1.807) is 12.3 Å². The topological polar surface area (TPSA) is 68.5 Å². The average Bonchev–Trinajstić information content (AvgIpc) is 2.40. The fraction of sp³-hybridized carbons (Fsp3) is 0.538. The molecule has 1 aromatic heterocycles. The van der Waals surface area contributed by atoms with Crippen LogP contribution in [0.2, 0.25) is 0 Å². The Morgan fingerprint density at radius 2 is 2.44 bits per heavy atom. The maximum Gasteiger partial charge on any atom is 0.310 e. The van der Waals surface area contributed by atoms with E-state index in [9.17, 15) is 4.79 Å². The Morgan fingerprint density at radius 1 is 1.61 bits per heavy atom. The van der Waals surface area contributed by atoms with Crippen molar-refractivity contribution in [3.8, 4) is 0 Å². The molecule has 1 aliphatic rings. The molecule has 0 bridgehead atoms. The minimum Gasteiger partial charge on any atom is -0.466 e. The molecule has 5 nitrogen and oxygen atoms in total. The molecule has 5 heteroatoms. The van der Waals surface area contributed by atoms with Gasteiger partial charge >= 0.3 is 5.97 Å². The Hall–Kier alpha value is -1.78. The first-order valence-electron chi connectivity index (χ1n) is 6.34. The molecule has 2 heterocycles. The second kappa shape index (κ2) is 5.71. The van der Waals surface area contributed by atoms with Crippen LogP contribution in [0.5, 0.6) is 0 Å². The second-order valence-corrected chi connectivity index (χ2v) is 4.48. The molecule has 1 aromatic rings. The number of hydrogen-bond acceptors (Lipinski definition) is 5. The van der Waals surface area contributed by atoms with Crippen molar-refractivity contribution in [3.05, 3.63) is 18.3 Å². The Labute approximate surface area is 107 Å². The third-order valence-electron chi connectivity index (χ3n) is 3.18. The van der Waals surface area contributed by atoms with Crippen LogP contribution in [0, 0.1) is 5.92 Å².